The summed E-state index contributed by atoms with van der Waals surface area (Å²) in [6, 6.07) is 0. The molecule has 0 aliphatic heterocycles. The van der Waals surface area contributed by atoms with Crippen LogP contribution in [0.5, 0.6) is 0 Å². The number of hydrogen-bond donors (Lipinski definition) is 1. The van der Waals surface area contributed by atoms with E-state index in [0.717, 1.165) is 6.08 Å². The highest BCUT2D eigenvalue weighted by atomic mass is 16.3. The van der Waals surface area contributed by atoms with Gasteiger partial charge in [-0.1, -0.05) is 6.58 Å². The molecule has 0 bridgehead atoms. The summed E-state index contributed by atoms with van der Waals surface area (Å²) in [5, 5.41) is 12.0. The summed E-state index contributed by atoms with van der Waals surface area (Å²) in [7, 11) is 0. The average Bonchev–Trinajstić information content (AvgIpc) is 1.83. The molecule has 0 heterocycles. The molecule has 3 heteroatoms. The molecular weight excluding hydrogens is 106 g/mol. The van der Waals surface area contributed by atoms with E-state index in [2.05, 4.69) is 11.9 Å². The van der Waals surface area contributed by atoms with Crippen LogP contribution >= 0.6 is 0 Å². The smallest absolute Gasteiger partial charge is 0.243 e. The first-order valence-corrected chi connectivity index (χ1v) is 2.29. The molecule has 0 saturated heterocycles. The summed E-state index contributed by atoms with van der Waals surface area (Å²) in [4.78, 5) is 10.2. The second-order valence-corrected chi connectivity index (χ2v) is 1.20. The zero-order chi connectivity index (χ0) is 6.41. The van der Waals surface area contributed by atoms with E-state index in [4.69, 9.17) is 0 Å². The van der Waals surface area contributed by atoms with Crippen molar-refractivity contribution in [3.63, 3.8) is 0 Å². The molecule has 1 radical (unpaired) electrons. The summed E-state index contributed by atoms with van der Waals surface area (Å²) in [5.74, 6) is -0.291. The SMILES string of the molecule is C=CC(=O)NCC[O]. The minimum Gasteiger partial charge on any atom is -0.350 e. The Labute approximate surface area is 48.0 Å². The Hall–Kier alpha value is -0.830. The summed E-state index contributed by atoms with van der Waals surface area (Å²) in [6.07, 6.45) is 1.13. The Balaban J connectivity index is 3.11. The number of rotatable bonds is 3. The van der Waals surface area contributed by atoms with Crippen LogP contribution in [-0.2, 0) is 9.90 Å². The average molecular weight is 114 g/mol. The fourth-order valence-electron chi connectivity index (χ4n) is 0.246. The summed E-state index contributed by atoms with van der Waals surface area (Å²) < 4.78 is 0. The second kappa shape index (κ2) is 4.33. The van der Waals surface area contributed by atoms with Crippen molar-refractivity contribution >= 4 is 5.91 Å². The Morgan fingerprint density at radius 3 is 2.75 bits per heavy atom. The molecule has 0 unspecified atom stereocenters. The van der Waals surface area contributed by atoms with Gasteiger partial charge in [-0.3, -0.25) is 4.79 Å². The van der Waals surface area contributed by atoms with Crippen LogP contribution in [0.15, 0.2) is 12.7 Å². The molecule has 8 heavy (non-hydrogen) atoms. The van der Waals surface area contributed by atoms with Gasteiger partial charge < -0.3 is 5.32 Å². The van der Waals surface area contributed by atoms with Crippen LogP contribution < -0.4 is 5.32 Å². The Bertz CT molecular complexity index is 90.4. The van der Waals surface area contributed by atoms with E-state index in [9.17, 15) is 9.90 Å². The maximum atomic E-state index is 10.2. The van der Waals surface area contributed by atoms with E-state index >= 15 is 0 Å². The molecule has 1 amide bonds. The van der Waals surface area contributed by atoms with Crippen LogP contribution in [0.25, 0.3) is 0 Å². The molecule has 0 saturated carbocycles. The second-order valence-electron chi connectivity index (χ2n) is 1.20. The van der Waals surface area contributed by atoms with Gasteiger partial charge in [0.15, 0.2) is 0 Å². The zero-order valence-corrected chi connectivity index (χ0v) is 4.52. The molecule has 1 N–H and O–H groups in total. The molecule has 0 rings (SSSR count). The van der Waals surface area contributed by atoms with Gasteiger partial charge >= 0.3 is 0 Å². The lowest BCUT2D eigenvalue weighted by atomic mass is 10.5. The van der Waals surface area contributed by atoms with Crippen molar-refractivity contribution < 1.29 is 9.90 Å². The summed E-state index contributed by atoms with van der Waals surface area (Å²) in [6.45, 7) is 3.11. The molecule has 0 atom stereocenters. The highest BCUT2D eigenvalue weighted by molar-refractivity contribution is 5.86. The van der Waals surface area contributed by atoms with E-state index in [1.54, 1.807) is 0 Å². The molecule has 45 valence electrons. The van der Waals surface area contributed by atoms with E-state index in [1.807, 2.05) is 0 Å². The summed E-state index contributed by atoms with van der Waals surface area (Å²) >= 11 is 0. The van der Waals surface area contributed by atoms with Gasteiger partial charge in [-0.15, -0.1) is 0 Å². The van der Waals surface area contributed by atoms with Gasteiger partial charge in [-0.05, 0) is 6.08 Å². The van der Waals surface area contributed by atoms with Crippen LogP contribution in [0, 0.1) is 0 Å². The van der Waals surface area contributed by atoms with Gasteiger partial charge in [0, 0.05) is 6.54 Å². The number of carbonyl (C=O) groups excluding carboxylic acids is 1. The largest absolute Gasteiger partial charge is 0.350 e. The number of carbonyl (C=O) groups is 1. The molecule has 0 fully saturated rings. The van der Waals surface area contributed by atoms with Crippen molar-refractivity contribution in [2.24, 2.45) is 0 Å². The number of nitrogens with one attached hydrogen (secondary N) is 1. The molecule has 3 nitrogen and oxygen atoms in total. The predicted molar refractivity (Wildman–Crippen MR) is 28.8 cm³/mol. The van der Waals surface area contributed by atoms with Crippen LogP contribution in [0.2, 0.25) is 0 Å². The molecule has 0 aliphatic rings. The van der Waals surface area contributed by atoms with Gasteiger partial charge in [-0.25, -0.2) is 5.11 Å². The molecule has 0 spiro atoms. The molecule has 0 aromatic rings. The van der Waals surface area contributed by atoms with Crippen molar-refractivity contribution in [3.8, 4) is 0 Å². The van der Waals surface area contributed by atoms with Gasteiger partial charge in [0.1, 0.15) is 0 Å². The lowest BCUT2D eigenvalue weighted by Gasteiger charge is -1.93. The number of hydrogen-bond acceptors (Lipinski definition) is 1. The zero-order valence-electron chi connectivity index (χ0n) is 4.52. The third-order valence-corrected chi connectivity index (χ3v) is 0.587. The van der Waals surface area contributed by atoms with Crippen LogP contribution in [-0.4, -0.2) is 19.1 Å². The van der Waals surface area contributed by atoms with Gasteiger partial charge in [0.25, 0.3) is 0 Å². The first kappa shape index (κ1) is 7.17. The molecule has 0 aliphatic carbocycles. The summed E-state index contributed by atoms with van der Waals surface area (Å²) in [5.41, 5.74) is 0. The first-order chi connectivity index (χ1) is 3.81. The van der Waals surface area contributed by atoms with Gasteiger partial charge in [-0.2, -0.15) is 0 Å². The van der Waals surface area contributed by atoms with Crippen LogP contribution in [0.1, 0.15) is 0 Å². The monoisotopic (exact) mass is 114 g/mol. The van der Waals surface area contributed by atoms with Crippen molar-refractivity contribution in [2.75, 3.05) is 13.2 Å². The molecule has 0 aromatic carbocycles. The van der Waals surface area contributed by atoms with Crippen LogP contribution in [0.4, 0.5) is 0 Å². The Morgan fingerprint density at radius 2 is 2.38 bits per heavy atom. The fraction of sp³-hybridized carbons (Fsp3) is 0.400. The Kier molecular flexibility index (Phi) is 3.88. The minimum absolute atomic E-state index is 0.185. The lowest BCUT2D eigenvalue weighted by Crippen LogP contribution is -2.23. The quantitative estimate of drug-likeness (QED) is 0.504. The van der Waals surface area contributed by atoms with E-state index in [0.29, 0.717) is 0 Å². The highest BCUT2D eigenvalue weighted by Crippen LogP contribution is 1.63. The number of amides is 1. The van der Waals surface area contributed by atoms with E-state index < -0.39 is 0 Å². The Morgan fingerprint density at radius 1 is 1.75 bits per heavy atom. The highest BCUT2D eigenvalue weighted by Gasteiger charge is 1.88. The molecule has 0 aromatic heterocycles. The van der Waals surface area contributed by atoms with Crippen LogP contribution in [0.3, 0.4) is 0 Å². The minimum atomic E-state index is -0.291. The maximum Gasteiger partial charge on any atom is 0.243 e. The van der Waals surface area contributed by atoms with E-state index in [1.165, 1.54) is 0 Å². The fourth-order valence-corrected chi connectivity index (χ4v) is 0.246. The molecular formula is C5H8NO2. The third kappa shape index (κ3) is 3.36. The maximum absolute atomic E-state index is 10.2. The van der Waals surface area contributed by atoms with Crippen molar-refractivity contribution in [1.29, 1.82) is 0 Å². The van der Waals surface area contributed by atoms with E-state index in [-0.39, 0.29) is 19.1 Å². The normalized spacial score (nSPS) is 8.12. The standard InChI is InChI=1S/C5H8NO2/c1-2-5(8)6-3-4-7/h2H,1,3-4H2,(H,6,8). The first-order valence-electron chi connectivity index (χ1n) is 2.29. The van der Waals surface area contributed by atoms with Gasteiger partial charge in [0.2, 0.25) is 5.91 Å². The predicted octanol–water partition coefficient (Wildman–Crippen LogP) is -0.281. The van der Waals surface area contributed by atoms with Crippen molar-refractivity contribution in [3.05, 3.63) is 12.7 Å². The third-order valence-electron chi connectivity index (χ3n) is 0.587. The van der Waals surface area contributed by atoms with Crippen molar-refractivity contribution in [1.82, 2.24) is 5.32 Å². The topological polar surface area (TPSA) is 49.0 Å². The van der Waals surface area contributed by atoms with Crippen molar-refractivity contribution in [2.45, 2.75) is 0 Å². The lowest BCUT2D eigenvalue weighted by molar-refractivity contribution is -0.116. The van der Waals surface area contributed by atoms with Gasteiger partial charge in [0.05, 0.1) is 6.61 Å².